The fourth-order valence-electron chi connectivity index (χ4n) is 3.92. The van der Waals surface area contributed by atoms with Gasteiger partial charge in [0.15, 0.2) is 0 Å². The molecular formula is C24H28N4O4S. The Balaban J connectivity index is 1.31. The highest BCUT2D eigenvalue weighted by Crippen LogP contribution is 2.24. The van der Waals surface area contributed by atoms with Crippen molar-refractivity contribution in [1.29, 1.82) is 0 Å². The topological polar surface area (TPSA) is 82.2 Å². The van der Waals surface area contributed by atoms with E-state index in [0.717, 1.165) is 18.8 Å². The summed E-state index contributed by atoms with van der Waals surface area (Å²) in [5, 5.41) is 2.85. The summed E-state index contributed by atoms with van der Waals surface area (Å²) in [4.78, 5) is 43.6. The van der Waals surface area contributed by atoms with Crippen LogP contribution in [0.5, 0.6) is 0 Å². The molecule has 3 amide bonds. The molecule has 9 heteroatoms. The Morgan fingerprint density at radius 3 is 2.45 bits per heavy atom. The molecule has 174 valence electrons. The Morgan fingerprint density at radius 2 is 1.76 bits per heavy atom. The van der Waals surface area contributed by atoms with Crippen LogP contribution in [0, 0.1) is 0 Å². The number of benzene rings is 2. The molecular weight excluding hydrogens is 440 g/mol. The lowest BCUT2D eigenvalue weighted by atomic mass is 10.1. The van der Waals surface area contributed by atoms with Gasteiger partial charge < -0.3 is 24.8 Å². The highest BCUT2D eigenvalue weighted by atomic mass is 32.2. The lowest BCUT2D eigenvalue weighted by Gasteiger charge is -2.29. The number of hydrogen-bond donors (Lipinski definition) is 1. The second kappa shape index (κ2) is 10.7. The van der Waals surface area contributed by atoms with Crippen LogP contribution >= 0.6 is 11.8 Å². The first-order chi connectivity index (χ1) is 16.0. The van der Waals surface area contributed by atoms with Crippen LogP contribution in [0.15, 0.2) is 54.6 Å². The molecule has 2 aromatic rings. The van der Waals surface area contributed by atoms with Gasteiger partial charge in [0.2, 0.25) is 11.8 Å². The lowest BCUT2D eigenvalue weighted by Crippen LogP contribution is -2.49. The van der Waals surface area contributed by atoms with E-state index in [4.69, 9.17) is 4.74 Å². The van der Waals surface area contributed by atoms with Gasteiger partial charge in [-0.25, -0.2) is 0 Å². The first-order valence-electron chi connectivity index (χ1n) is 10.9. The van der Waals surface area contributed by atoms with E-state index in [2.05, 4.69) is 10.2 Å². The van der Waals surface area contributed by atoms with Gasteiger partial charge in [-0.2, -0.15) is 0 Å². The lowest BCUT2D eigenvalue weighted by molar-refractivity contribution is -0.136. The fraction of sp³-hybridized carbons (Fsp3) is 0.375. The van der Waals surface area contributed by atoms with Crippen LogP contribution in [-0.2, 0) is 14.3 Å². The van der Waals surface area contributed by atoms with Gasteiger partial charge in [0.1, 0.15) is 6.04 Å². The molecule has 1 atom stereocenters. The largest absolute Gasteiger partial charge is 0.378 e. The third kappa shape index (κ3) is 5.66. The SMILES string of the molecule is CN(CC(=O)Nc1ccc(N2CCOCC2)cc1)C(=O)[C@@H]1CSCN1C(=O)c1ccccc1. The Hall–Kier alpha value is -3.04. The smallest absolute Gasteiger partial charge is 0.255 e. The van der Waals surface area contributed by atoms with Crippen molar-refractivity contribution in [1.82, 2.24) is 9.80 Å². The van der Waals surface area contributed by atoms with Crippen LogP contribution in [0.3, 0.4) is 0 Å². The van der Waals surface area contributed by atoms with Gasteiger partial charge in [-0.05, 0) is 36.4 Å². The van der Waals surface area contributed by atoms with Gasteiger partial charge in [0.25, 0.3) is 5.91 Å². The maximum Gasteiger partial charge on any atom is 0.255 e. The van der Waals surface area contributed by atoms with Crippen molar-refractivity contribution in [3.8, 4) is 0 Å². The first-order valence-corrected chi connectivity index (χ1v) is 12.1. The highest BCUT2D eigenvalue weighted by molar-refractivity contribution is 7.99. The van der Waals surface area contributed by atoms with Crippen molar-refractivity contribution in [2.45, 2.75) is 6.04 Å². The number of nitrogens with one attached hydrogen (secondary N) is 1. The van der Waals surface area contributed by atoms with Crippen LogP contribution < -0.4 is 10.2 Å². The summed E-state index contributed by atoms with van der Waals surface area (Å²) in [6.07, 6.45) is 0. The van der Waals surface area contributed by atoms with Crippen molar-refractivity contribution < 1.29 is 19.1 Å². The average Bonchev–Trinajstić information content (AvgIpc) is 3.34. The Morgan fingerprint density at radius 1 is 1.06 bits per heavy atom. The molecule has 2 aliphatic rings. The minimum absolute atomic E-state index is 0.0847. The summed E-state index contributed by atoms with van der Waals surface area (Å²) in [5.74, 6) is 0.294. The third-order valence-corrected chi connectivity index (χ3v) is 6.75. The molecule has 0 unspecified atom stereocenters. The molecule has 2 aromatic carbocycles. The number of thioether (sulfide) groups is 1. The summed E-state index contributed by atoms with van der Waals surface area (Å²) in [7, 11) is 1.59. The zero-order valence-corrected chi connectivity index (χ0v) is 19.4. The number of nitrogens with zero attached hydrogens (tertiary/aromatic N) is 3. The highest BCUT2D eigenvalue weighted by Gasteiger charge is 2.37. The monoisotopic (exact) mass is 468 g/mol. The number of ether oxygens (including phenoxy) is 1. The molecule has 2 saturated heterocycles. The van der Waals surface area contributed by atoms with Crippen molar-refractivity contribution in [3.05, 3.63) is 60.2 Å². The normalized spacial score (nSPS) is 18.2. The van der Waals surface area contributed by atoms with E-state index in [1.54, 1.807) is 36.2 Å². The number of carbonyl (C=O) groups is 3. The molecule has 2 aliphatic heterocycles. The van der Waals surface area contributed by atoms with Crippen LogP contribution in [0.1, 0.15) is 10.4 Å². The average molecular weight is 469 g/mol. The number of rotatable bonds is 6. The van der Waals surface area contributed by atoms with E-state index < -0.39 is 6.04 Å². The van der Waals surface area contributed by atoms with E-state index in [9.17, 15) is 14.4 Å². The predicted molar refractivity (Wildman–Crippen MR) is 129 cm³/mol. The molecule has 33 heavy (non-hydrogen) atoms. The minimum Gasteiger partial charge on any atom is -0.378 e. The van der Waals surface area contributed by atoms with Crippen molar-refractivity contribution >= 4 is 40.9 Å². The molecule has 0 spiro atoms. The van der Waals surface area contributed by atoms with E-state index in [1.807, 2.05) is 30.3 Å². The summed E-state index contributed by atoms with van der Waals surface area (Å²) in [6, 6.07) is 16.0. The van der Waals surface area contributed by atoms with E-state index in [1.165, 1.54) is 16.7 Å². The zero-order valence-electron chi connectivity index (χ0n) is 18.6. The van der Waals surface area contributed by atoms with E-state index >= 15 is 0 Å². The standard InChI is InChI=1S/C24H28N4O4S/c1-26(24(31)21-16-33-17-28(21)23(30)18-5-3-2-4-6-18)15-22(29)25-19-7-9-20(10-8-19)27-11-13-32-14-12-27/h2-10,21H,11-17H2,1H3,(H,25,29)/t21-/m0/s1. The van der Waals surface area contributed by atoms with Gasteiger partial charge >= 0.3 is 0 Å². The predicted octanol–water partition coefficient (Wildman–Crippen LogP) is 2.14. The van der Waals surface area contributed by atoms with E-state index in [-0.39, 0.29) is 24.3 Å². The molecule has 0 bridgehead atoms. The van der Waals surface area contributed by atoms with Crippen LogP contribution in [0.4, 0.5) is 11.4 Å². The fourth-order valence-corrected chi connectivity index (χ4v) is 5.06. The number of carbonyl (C=O) groups excluding carboxylic acids is 3. The molecule has 2 heterocycles. The van der Waals surface area contributed by atoms with Crippen molar-refractivity contribution in [3.63, 3.8) is 0 Å². The summed E-state index contributed by atoms with van der Waals surface area (Å²) < 4.78 is 5.38. The van der Waals surface area contributed by atoms with Crippen LogP contribution in [0.2, 0.25) is 0 Å². The van der Waals surface area contributed by atoms with Gasteiger partial charge in [-0.3, -0.25) is 14.4 Å². The zero-order chi connectivity index (χ0) is 23.2. The molecule has 0 aromatic heterocycles. The number of hydrogen-bond acceptors (Lipinski definition) is 6. The maximum absolute atomic E-state index is 13.0. The van der Waals surface area contributed by atoms with Crippen molar-refractivity contribution in [2.75, 3.05) is 61.7 Å². The second-order valence-corrected chi connectivity index (χ2v) is 9.05. The summed E-state index contributed by atoms with van der Waals surface area (Å²) in [5.41, 5.74) is 2.32. The number of morpholine rings is 1. The van der Waals surface area contributed by atoms with Gasteiger partial charge in [0.05, 0.1) is 25.6 Å². The summed E-state index contributed by atoms with van der Waals surface area (Å²) >= 11 is 1.54. The molecule has 4 rings (SSSR count). The van der Waals surface area contributed by atoms with Crippen molar-refractivity contribution in [2.24, 2.45) is 0 Å². The van der Waals surface area contributed by atoms with Crippen LogP contribution in [-0.4, -0.2) is 85.1 Å². The van der Waals surface area contributed by atoms with Gasteiger partial charge in [0, 0.05) is 42.8 Å². The molecule has 8 nitrogen and oxygen atoms in total. The molecule has 1 N–H and O–H groups in total. The van der Waals surface area contributed by atoms with E-state index in [0.29, 0.717) is 36.1 Å². The molecule has 0 aliphatic carbocycles. The van der Waals surface area contributed by atoms with Gasteiger partial charge in [-0.1, -0.05) is 18.2 Å². The second-order valence-electron chi connectivity index (χ2n) is 8.05. The number of anilines is 2. The number of amides is 3. The maximum atomic E-state index is 13.0. The van der Waals surface area contributed by atoms with Crippen LogP contribution in [0.25, 0.3) is 0 Å². The Bertz CT molecular complexity index is 980. The first kappa shape index (κ1) is 23.1. The Kier molecular flexibility index (Phi) is 7.51. The molecule has 0 radical (unpaired) electrons. The Labute approximate surface area is 197 Å². The third-order valence-electron chi connectivity index (χ3n) is 5.73. The summed E-state index contributed by atoms with van der Waals surface area (Å²) in [6.45, 7) is 3.04. The molecule has 2 fully saturated rings. The van der Waals surface area contributed by atoms with Gasteiger partial charge in [-0.15, -0.1) is 11.8 Å². The minimum atomic E-state index is -0.576. The molecule has 0 saturated carbocycles. The quantitative estimate of drug-likeness (QED) is 0.700. The number of likely N-dealkylation sites (N-methyl/N-ethyl adjacent to an activating group) is 1.